The minimum atomic E-state index is -2.98. The number of para-hydroxylation sites is 1. The van der Waals surface area contributed by atoms with Gasteiger partial charge in [0, 0.05) is 90.2 Å². The van der Waals surface area contributed by atoms with Crippen LogP contribution in [-0.4, -0.2) is 108 Å². The highest BCUT2D eigenvalue weighted by Crippen LogP contribution is 2.52. The third-order valence-corrected chi connectivity index (χ3v) is 13.2. The van der Waals surface area contributed by atoms with Crippen LogP contribution in [0.15, 0.2) is 58.4 Å². The summed E-state index contributed by atoms with van der Waals surface area (Å²) >= 11 is 0. The van der Waals surface area contributed by atoms with Crippen molar-refractivity contribution in [2.75, 3.05) is 70.4 Å². The topological polar surface area (TPSA) is 145 Å². The fourth-order valence-electron chi connectivity index (χ4n) is 9.81. The van der Waals surface area contributed by atoms with E-state index in [1.807, 2.05) is 35.2 Å². The molecule has 0 saturated carbocycles. The number of aryl methyl sites for hydroxylation is 2. The summed E-state index contributed by atoms with van der Waals surface area (Å²) in [6, 6.07) is 10.3. The Morgan fingerprint density at radius 3 is 2.30 bits per heavy atom. The number of amides is 2. The summed E-state index contributed by atoms with van der Waals surface area (Å²) < 4.78 is 54.5. The minimum Gasteiger partial charge on any atom is -0.496 e. The molecule has 7 heterocycles. The standard InChI is InChI=1S/C43H48F2N8O7/c1-48-21-29(27-17-36(46-18-28(27)40(48)56)52-19-26(20-52)58-3)25-15-34(59-4)30(35(16-25)60-5)22-50-23-42(43(44,45)24-50)11-13-51(14-12-42)31-7-6-8-32-38(31)49(2)41(57)53(32)33-9-10-37(54)47-39(33)55/h6-8,15-18,21,26,33H,9-14,19-20,22-24H2,1-5H3,(H,47,54,55). The minimum absolute atomic E-state index is 0.122. The number of imidazole rings is 1. The van der Waals surface area contributed by atoms with Gasteiger partial charge in [-0.3, -0.25) is 33.7 Å². The first kappa shape index (κ1) is 39.6. The molecule has 1 atom stereocenters. The van der Waals surface area contributed by atoms with E-state index in [0.29, 0.717) is 59.7 Å². The second-order valence-electron chi connectivity index (χ2n) is 16.6. The number of aromatic nitrogens is 4. The summed E-state index contributed by atoms with van der Waals surface area (Å²) in [6.45, 7) is 1.99. The molecule has 4 aliphatic rings. The van der Waals surface area contributed by atoms with Crippen LogP contribution in [0.4, 0.5) is 20.3 Å². The number of anilines is 2. The number of ether oxygens (including phenoxy) is 3. The van der Waals surface area contributed by atoms with Crippen LogP contribution >= 0.6 is 0 Å². The van der Waals surface area contributed by atoms with E-state index in [2.05, 4.69) is 15.2 Å². The maximum absolute atomic E-state index is 16.4. The largest absolute Gasteiger partial charge is 0.496 e. The van der Waals surface area contributed by atoms with Gasteiger partial charge in [0.2, 0.25) is 11.8 Å². The molecule has 0 bridgehead atoms. The van der Waals surface area contributed by atoms with Crippen molar-refractivity contribution in [3.63, 3.8) is 0 Å². The van der Waals surface area contributed by atoms with Gasteiger partial charge in [-0.05, 0) is 55.2 Å². The number of carbonyl (C=O) groups is 2. The summed E-state index contributed by atoms with van der Waals surface area (Å²) in [4.78, 5) is 61.9. The first-order valence-electron chi connectivity index (χ1n) is 20.2. The number of likely N-dealkylation sites (tertiary alicyclic amines) is 1. The van der Waals surface area contributed by atoms with Crippen molar-refractivity contribution in [3.05, 3.63) is 75.2 Å². The molecule has 316 valence electrons. The lowest BCUT2D eigenvalue weighted by Gasteiger charge is -2.43. The molecule has 3 aromatic heterocycles. The molecule has 2 aromatic carbocycles. The third kappa shape index (κ3) is 6.31. The van der Waals surface area contributed by atoms with Crippen molar-refractivity contribution < 1.29 is 32.6 Å². The molecule has 15 nitrogen and oxygen atoms in total. The average molecular weight is 827 g/mol. The van der Waals surface area contributed by atoms with Gasteiger partial charge < -0.3 is 28.6 Å². The van der Waals surface area contributed by atoms with Gasteiger partial charge in [-0.15, -0.1) is 0 Å². The number of rotatable bonds is 9. The molecule has 0 aliphatic carbocycles. The number of benzene rings is 2. The normalized spacial score (nSPS) is 20.6. The molecular formula is C43H48F2N8O7. The Morgan fingerprint density at radius 1 is 0.917 bits per heavy atom. The molecule has 4 saturated heterocycles. The Balaban J connectivity index is 0.970. The van der Waals surface area contributed by atoms with Crippen molar-refractivity contribution in [2.24, 2.45) is 19.5 Å². The Kier molecular flexibility index (Phi) is 9.73. The van der Waals surface area contributed by atoms with E-state index >= 15 is 8.78 Å². The van der Waals surface area contributed by atoms with Crippen molar-refractivity contribution in [1.29, 1.82) is 0 Å². The van der Waals surface area contributed by atoms with Gasteiger partial charge in [0.1, 0.15) is 23.4 Å². The van der Waals surface area contributed by atoms with Crippen LogP contribution in [0, 0.1) is 5.41 Å². The summed E-state index contributed by atoms with van der Waals surface area (Å²) in [7, 11) is 8.11. The van der Waals surface area contributed by atoms with E-state index < -0.39 is 29.8 Å². The maximum atomic E-state index is 16.4. The van der Waals surface area contributed by atoms with E-state index in [0.717, 1.165) is 28.0 Å². The predicted octanol–water partition coefficient (Wildman–Crippen LogP) is 3.82. The molecule has 9 rings (SSSR count). The molecular weight excluding hydrogens is 779 g/mol. The van der Waals surface area contributed by atoms with Crippen LogP contribution in [0.3, 0.4) is 0 Å². The Hall–Kier alpha value is -5.81. The number of carbonyl (C=O) groups excluding carboxylic acids is 2. The van der Waals surface area contributed by atoms with Gasteiger partial charge in [0.25, 0.3) is 11.5 Å². The number of methoxy groups -OCH3 is 3. The fourth-order valence-corrected chi connectivity index (χ4v) is 9.81. The number of alkyl halides is 2. The van der Waals surface area contributed by atoms with Gasteiger partial charge in [-0.25, -0.2) is 18.6 Å². The van der Waals surface area contributed by atoms with Crippen LogP contribution in [-0.2, 0) is 35.0 Å². The molecule has 1 N–H and O–H groups in total. The smallest absolute Gasteiger partial charge is 0.329 e. The van der Waals surface area contributed by atoms with Gasteiger partial charge in [0.05, 0.1) is 60.0 Å². The second kappa shape index (κ2) is 14.7. The number of nitrogens with one attached hydrogen (secondary N) is 1. The Morgan fingerprint density at radius 2 is 1.63 bits per heavy atom. The quantitative estimate of drug-likeness (QED) is 0.217. The van der Waals surface area contributed by atoms with Gasteiger partial charge >= 0.3 is 5.69 Å². The molecule has 60 heavy (non-hydrogen) atoms. The van der Waals surface area contributed by atoms with Crippen LogP contribution in [0.5, 0.6) is 11.5 Å². The summed E-state index contributed by atoms with van der Waals surface area (Å²) in [5.41, 5.74) is 2.22. The number of pyridine rings is 2. The van der Waals surface area contributed by atoms with Crippen LogP contribution in [0.1, 0.15) is 37.3 Å². The van der Waals surface area contributed by atoms with Gasteiger partial charge in [-0.1, -0.05) is 6.07 Å². The first-order valence-corrected chi connectivity index (χ1v) is 20.2. The van der Waals surface area contributed by atoms with Crippen molar-refractivity contribution >= 4 is 45.1 Å². The zero-order chi connectivity index (χ0) is 42.2. The van der Waals surface area contributed by atoms with Gasteiger partial charge in [-0.2, -0.15) is 0 Å². The average Bonchev–Trinajstić information content (AvgIpc) is 3.61. The maximum Gasteiger partial charge on any atom is 0.329 e. The lowest BCUT2D eigenvalue weighted by Crippen LogP contribution is -2.52. The van der Waals surface area contributed by atoms with Crippen molar-refractivity contribution in [1.82, 2.24) is 28.9 Å². The zero-order valence-electron chi connectivity index (χ0n) is 34.3. The highest BCUT2D eigenvalue weighted by Gasteiger charge is 2.60. The molecule has 4 fully saturated rings. The number of piperidine rings is 2. The molecule has 17 heteroatoms. The number of hydrogen-bond acceptors (Lipinski definition) is 11. The van der Waals surface area contributed by atoms with E-state index in [-0.39, 0.29) is 62.0 Å². The second-order valence-corrected chi connectivity index (χ2v) is 16.6. The van der Waals surface area contributed by atoms with Crippen molar-refractivity contribution in [2.45, 2.75) is 50.3 Å². The highest BCUT2D eigenvalue weighted by atomic mass is 19.3. The van der Waals surface area contributed by atoms with E-state index in [1.165, 1.54) is 13.7 Å². The molecule has 5 aromatic rings. The number of halogens is 2. The summed E-state index contributed by atoms with van der Waals surface area (Å²) in [5.74, 6) is -2.16. The molecule has 1 unspecified atom stereocenters. The van der Waals surface area contributed by atoms with Crippen LogP contribution in [0.2, 0.25) is 0 Å². The number of fused-ring (bicyclic) bond motifs is 2. The Bertz CT molecular complexity index is 2650. The SMILES string of the molecule is COc1cc(-c2cn(C)c(=O)c3cnc(N4CC(OC)C4)cc23)cc(OC)c1CN1CC(F)(F)C2(CCN(c3cccc4c3n(C)c(=O)n4C3CCC(=O)NC3=O)CC2)C1. The predicted molar refractivity (Wildman–Crippen MR) is 221 cm³/mol. The number of nitrogens with zero attached hydrogens (tertiary/aromatic N) is 7. The van der Waals surface area contributed by atoms with E-state index in [9.17, 15) is 19.2 Å². The van der Waals surface area contributed by atoms with Crippen LogP contribution in [0.25, 0.3) is 32.9 Å². The monoisotopic (exact) mass is 826 g/mol. The molecule has 1 spiro atoms. The fraction of sp³-hybridized carbons (Fsp3) is 0.465. The highest BCUT2D eigenvalue weighted by molar-refractivity contribution is 6.01. The Labute approximate surface area is 344 Å². The van der Waals surface area contributed by atoms with Crippen LogP contribution < -0.4 is 35.8 Å². The molecule has 0 radical (unpaired) electrons. The first-order chi connectivity index (χ1) is 28.8. The van der Waals surface area contributed by atoms with Crippen molar-refractivity contribution in [3.8, 4) is 22.6 Å². The number of imide groups is 1. The van der Waals surface area contributed by atoms with E-state index in [4.69, 9.17) is 14.2 Å². The molecule has 2 amide bonds. The summed E-state index contributed by atoms with van der Waals surface area (Å²) in [5, 5.41) is 3.53. The zero-order valence-corrected chi connectivity index (χ0v) is 34.3. The third-order valence-electron chi connectivity index (χ3n) is 13.2. The molecule has 4 aliphatic heterocycles. The summed E-state index contributed by atoms with van der Waals surface area (Å²) in [6.07, 6.45) is 4.31. The number of hydrogen-bond donors (Lipinski definition) is 1. The van der Waals surface area contributed by atoms with E-state index in [1.54, 1.807) is 58.8 Å². The van der Waals surface area contributed by atoms with Gasteiger partial charge in [0.15, 0.2) is 0 Å². The lowest BCUT2D eigenvalue weighted by atomic mass is 9.75. The lowest BCUT2D eigenvalue weighted by molar-refractivity contribution is -0.135.